The van der Waals surface area contributed by atoms with Gasteiger partial charge < -0.3 is 15.8 Å². The Hall–Kier alpha value is -2.35. The fourth-order valence-corrected chi connectivity index (χ4v) is 1.89. The largest absolute Gasteiger partial charge is 0.478 e. The van der Waals surface area contributed by atoms with E-state index in [0.717, 1.165) is 11.8 Å². The summed E-state index contributed by atoms with van der Waals surface area (Å²) in [5.74, 6) is -1.05. The van der Waals surface area contributed by atoms with Crippen LogP contribution in [0.2, 0.25) is 0 Å². The molecule has 0 bridgehead atoms. The van der Waals surface area contributed by atoms with Crippen LogP contribution in [0.15, 0.2) is 39.5 Å². The molecule has 2 heterocycles. The molecular formula is C10H8N4O3S. The number of nitrogen functional groups attached to an aromatic ring is 1. The summed E-state index contributed by atoms with van der Waals surface area (Å²) in [5, 5.41) is 9.55. The predicted octanol–water partition coefficient (Wildman–Crippen LogP) is 0.597. The molecule has 2 rings (SSSR count). The number of rotatable bonds is 3. The van der Waals surface area contributed by atoms with Gasteiger partial charge in [-0.25, -0.2) is 14.8 Å². The van der Waals surface area contributed by atoms with E-state index in [2.05, 4.69) is 15.0 Å². The number of aromatic nitrogens is 3. The SMILES string of the molecule is Nc1c(Sc2ccc(C(=O)O)cn2)nc[nH]c1=O. The second kappa shape index (κ2) is 4.88. The molecular weight excluding hydrogens is 256 g/mol. The van der Waals surface area contributed by atoms with Gasteiger partial charge in [0.15, 0.2) is 0 Å². The van der Waals surface area contributed by atoms with Crippen LogP contribution in [0.4, 0.5) is 5.69 Å². The van der Waals surface area contributed by atoms with Crippen LogP contribution >= 0.6 is 11.8 Å². The molecule has 0 atom stereocenters. The van der Waals surface area contributed by atoms with Gasteiger partial charge >= 0.3 is 5.97 Å². The van der Waals surface area contributed by atoms with E-state index >= 15 is 0 Å². The lowest BCUT2D eigenvalue weighted by Gasteiger charge is -2.02. The van der Waals surface area contributed by atoms with Gasteiger partial charge in [-0.05, 0) is 23.9 Å². The van der Waals surface area contributed by atoms with E-state index in [1.807, 2.05) is 0 Å². The van der Waals surface area contributed by atoms with E-state index in [1.165, 1.54) is 24.7 Å². The van der Waals surface area contributed by atoms with Crippen LogP contribution in [0.25, 0.3) is 0 Å². The summed E-state index contributed by atoms with van der Waals surface area (Å²) in [6, 6.07) is 2.94. The van der Waals surface area contributed by atoms with Crippen LogP contribution in [0.3, 0.4) is 0 Å². The minimum atomic E-state index is -1.05. The number of nitrogens with one attached hydrogen (secondary N) is 1. The number of H-pyrrole nitrogens is 1. The van der Waals surface area contributed by atoms with E-state index in [4.69, 9.17) is 10.8 Å². The van der Waals surface area contributed by atoms with Crippen LogP contribution in [0, 0.1) is 0 Å². The van der Waals surface area contributed by atoms with Crippen LogP contribution in [-0.2, 0) is 0 Å². The van der Waals surface area contributed by atoms with Crippen molar-refractivity contribution in [2.24, 2.45) is 0 Å². The Morgan fingerprint density at radius 3 is 2.78 bits per heavy atom. The van der Waals surface area contributed by atoms with Gasteiger partial charge in [0.2, 0.25) is 0 Å². The molecule has 7 nitrogen and oxygen atoms in total. The van der Waals surface area contributed by atoms with E-state index in [1.54, 1.807) is 0 Å². The van der Waals surface area contributed by atoms with Gasteiger partial charge in [-0.1, -0.05) is 0 Å². The Bertz CT molecular complexity index is 638. The maximum atomic E-state index is 11.2. The molecule has 0 amide bonds. The van der Waals surface area contributed by atoms with Gasteiger partial charge in [-0.3, -0.25) is 4.79 Å². The summed E-state index contributed by atoms with van der Waals surface area (Å²) in [5.41, 5.74) is 5.23. The number of nitrogens with two attached hydrogens (primary N) is 1. The van der Waals surface area contributed by atoms with Crippen LogP contribution in [0.5, 0.6) is 0 Å². The lowest BCUT2D eigenvalue weighted by molar-refractivity contribution is 0.0696. The third kappa shape index (κ3) is 2.48. The second-order valence-corrected chi connectivity index (χ2v) is 4.25. The minimum absolute atomic E-state index is 0.00612. The smallest absolute Gasteiger partial charge is 0.337 e. The highest BCUT2D eigenvalue weighted by Crippen LogP contribution is 2.26. The molecule has 8 heteroatoms. The first-order chi connectivity index (χ1) is 8.58. The fourth-order valence-electron chi connectivity index (χ4n) is 1.14. The van der Waals surface area contributed by atoms with Gasteiger partial charge in [0.1, 0.15) is 15.7 Å². The summed E-state index contributed by atoms with van der Waals surface area (Å²) >= 11 is 1.09. The first kappa shape index (κ1) is 12.1. The standard InChI is InChI=1S/C10H8N4O3S/c11-7-8(15)13-4-14-9(7)18-6-2-1-5(3-12-6)10(16)17/h1-4H,11H2,(H,16,17)(H,13,14,15). The van der Waals surface area contributed by atoms with Crippen molar-refractivity contribution >= 4 is 23.4 Å². The van der Waals surface area contributed by atoms with Crippen molar-refractivity contribution < 1.29 is 9.90 Å². The first-order valence-corrected chi connectivity index (χ1v) is 5.60. The van der Waals surface area contributed by atoms with Gasteiger partial charge in [0.25, 0.3) is 5.56 Å². The third-order valence-electron chi connectivity index (χ3n) is 2.04. The van der Waals surface area contributed by atoms with E-state index in [9.17, 15) is 9.59 Å². The predicted molar refractivity (Wildman–Crippen MR) is 64.6 cm³/mol. The van der Waals surface area contributed by atoms with Crippen molar-refractivity contribution in [1.29, 1.82) is 0 Å². The summed E-state index contributed by atoms with van der Waals surface area (Å²) in [4.78, 5) is 32.1. The zero-order chi connectivity index (χ0) is 13.1. The van der Waals surface area contributed by atoms with E-state index in [-0.39, 0.29) is 11.3 Å². The number of carboxylic acid groups (broad SMARTS) is 1. The highest BCUT2D eigenvalue weighted by Gasteiger charge is 2.08. The Morgan fingerprint density at radius 2 is 2.17 bits per heavy atom. The number of hydrogen-bond acceptors (Lipinski definition) is 6. The molecule has 0 unspecified atom stereocenters. The maximum Gasteiger partial charge on any atom is 0.337 e. The van der Waals surface area contributed by atoms with Crippen molar-refractivity contribution in [3.8, 4) is 0 Å². The molecule has 92 valence electrons. The van der Waals surface area contributed by atoms with E-state index in [0.29, 0.717) is 10.1 Å². The summed E-state index contributed by atoms with van der Waals surface area (Å²) in [6.07, 6.45) is 2.47. The Morgan fingerprint density at radius 1 is 1.39 bits per heavy atom. The molecule has 0 aliphatic heterocycles. The third-order valence-corrected chi connectivity index (χ3v) is 3.01. The van der Waals surface area contributed by atoms with Crippen molar-refractivity contribution in [2.45, 2.75) is 10.1 Å². The average molecular weight is 264 g/mol. The van der Waals surface area contributed by atoms with Gasteiger partial charge in [0.05, 0.1) is 11.9 Å². The molecule has 0 saturated carbocycles. The number of hydrogen-bond donors (Lipinski definition) is 3. The zero-order valence-corrected chi connectivity index (χ0v) is 9.77. The molecule has 0 radical (unpaired) electrons. The minimum Gasteiger partial charge on any atom is -0.478 e. The number of carbonyl (C=O) groups is 1. The molecule has 2 aromatic rings. The van der Waals surface area contributed by atoms with Crippen LogP contribution < -0.4 is 11.3 Å². The first-order valence-electron chi connectivity index (χ1n) is 4.78. The van der Waals surface area contributed by atoms with E-state index < -0.39 is 11.5 Å². The molecule has 4 N–H and O–H groups in total. The number of nitrogens with zero attached hydrogens (tertiary/aromatic N) is 2. The van der Waals surface area contributed by atoms with Crippen molar-refractivity contribution in [2.75, 3.05) is 5.73 Å². The van der Waals surface area contributed by atoms with Gasteiger partial charge in [-0.2, -0.15) is 0 Å². The Balaban J connectivity index is 2.26. The average Bonchev–Trinajstić information content (AvgIpc) is 2.36. The molecule has 0 saturated heterocycles. The van der Waals surface area contributed by atoms with Crippen LogP contribution in [-0.4, -0.2) is 26.0 Å². The fraction of sp³-hybridized carbons (Fsp3) is 0. The lowest BCUT2D eigenvalue weighted by Crippen LogP contribution is -2.13. The highest BCUT2D eigenvalue weighted by atomic mass is 32.2. The normalized spacial score (nSPS) is 10.2. The quantitative estimate of drug-likeness (QED) is 0.693. The topological polar surface area (TPSA) is 122 Å². The lowest BCUT2D eigenvalue weighted by atomic mass is 10.3. The molecule has 0 aliphatic rings. The molecule has 2 aromatic heterocycles. The molecule has 18 heavy (non-hydrogen) atoms. The molecule has 0 aromatic carbocycles. The highest BCUT2D eigenvalue weighted by molar-refractivity contribution is 7.99. The maximum absolute atomic E-state index is 11.2. The summed E-state index contributed by atoms with van der Waals surface area (Å²) in [6.45, 7) is 0. The molecule has 0 fully saturated rings. The number of carboxylic acids is 1. The molecule has 0 aliphatic carbocycles. The molecule has 0 spiro atoms. The van der Waals surface area contributed by atoms with Crippen molar-refractivity contribution in [3.05, 3.63) is 40.6 Å². The summed E-state index contributed by atoms with van der Waals surface area (Å²) in [7, 11) is 0. The van der Waals surface area contributed by atoms with Crippen LogP contribution in [0.1, 0.15) is 10.4 Å². The number of anilines is 1. The summed E-state index contributed by atoms with van der Waals surface area (Å²) < 4.78 is 0. The van der Waals surface area contributed by atoms with Gasteiger partial charge in [0, 0.05) is 6.20 Å². The number of pyridine rings is 1. The Labute approximate surface area is 105 Å². The Kier molecular flexibility index (Phi) is 3.28. The monoisotopic (exact) mass is 264 g/mol. The van der Waals surface area contributed by atoms with Gasteiger partial charge in [-0.15, -0.1) is 0 Å². The van der Waals surface area contributed by atoms with Crippen molar-refractivity contribution in [3.63, 3.8) is 0 Å². The number of aromatic amines is 1. The number of aromatic carboxylic acids is 1. The van der Waals surface area contributed by atoms with Crippen molar-refractivity contribution in [1.82, 2.24) is 15.0 Å². The second-order valence-electron chi connectivity index (χ2n) is 3.24. The zero-order valence-electron chi connectivity index (χ0n) is 8.95.